The van der Waals surface area contributed by atoms with Crippen molar-refractivity contribution in [3.8, 4) is 0 Å². The lowest BCUT2D eigenvalue weighted by Gasteiger charge is -2.22. The highest BCUT2D eigenvalue weighted by Crippen LogP contribution is 2.19. The molecule has 0 aliphatic carbocycles. The molecule has 0 radical (unpaired) electrons. The van der Waals surface area contributed by atoms with Crippen LogP contribution in [0.5, 0.6) is 0 Å². The fraction of sp³-hybridized carbons (Fsp3) is 0.667. The van der Waals surface area contributed by atoms with Gasteiger partial charge in [0.05, 0.1) is 0 Å². The molecule has 1 aromatic heterocycles. The van der Waals surface area contributed by atoms with Crippen molar-refractivity contribution in [2.75, 3.05) is 24.5 Å². The van der Waals surface area contributed by atoms with Crippen LogP contribution in [0.2, 0.25) is 0 Å². The second kappa shape index (κ2) is 7.28. The van der Waals surface area contributed by atoms with E-state index in [1.807, 2.05) is 0 Å². The van der Waals surface area contributed by atoms with E-state index in [4.69, 9.17) is 0 Å². The Morgan fingerprint density at radius 2 is 1.84 bits per heavy atom. The summed E-state index contributed by atoms with van der Waals surface area (Å²) < 4.78 is 37.1. The zero-order valence-electron chi connectivity index (χ0n) is 11.2. The Bertz CT molecular complexity index is 364. The lowest BCUT2D eigenvalue weighted by molar-refractivity contribution is -0.119. The van der Waals surface area contributed by atoms with Gasteiger partial charge >= 0.3 is 6.18 Å². The Kier molecular flexibility index (Phi) is 6.01. The van der Waals surface area contributed by atoms with Crippen LogP contribution in [0.15, 0.2) is 12.4 Å². The molecular weight excluding hydrogens is 257 g/mol. The van der Waals surface area contributed by atoms with Gasteiger partial charge in [0.15, 0.2) is 0 Å². The molecule has 0 saturated heterocycles. The molecule has 1 N–H and O–H groups in total. The van der Waals surface area contributed by atoms with Gasteiger partial charge in [-0.25, -0.2) is 9.97 Å². The Labute approximate surface area is 111 Å². The molecule has 0 atom stereocenters. The number of hydrogen-bond donors (Lipinski definition) is 1. The minimum Gasteiger partial charge on any atom is -0.332 e. The smallest absolute Gasteiger partial charge is 0.332 e. The van der Waals surface area contributed by atoms with Crippen molar-refractivity contribution in [2.24, 2.45) is 0 Å². The lowest BCUT2D eigenvalue weighted by Crippen LogP contribution is -2.35. The molecule has 0 amide bonds. The van der Waals surface area contributed by atoms with Crippen LogP contribution in [0.1, 0.15) is 25.8 Å². The first-order valence-electron chi connectivity index (χ1n) is 6.29. The molecule has 4 nitrogen and oxygen atoms in total. The molecule has 1 aromatic rings. The first-order chi connectivity index (χ1) is 8.96. The number of anilines is 1. The molecule has 1 rings (SSSR count). The number of nitrogens with zero attached hydrogens (tertiary/aromatic N) is 3. The Morgan fingerprint density at radius 1 is 1.21 bits per heavy atom. The van der Waals surface area contributed by atoms with E-state index in [0.29, 0.717) is 6.54 Å². The van der Waals surface area contributed by atoms with Gasteiger partial charge in [-0.15, -0.1) is 0 Å². The molecule has 0 spiro atoms. The van der Waals surface area contributed by atoms with Crippen LogP contribution >= 0.6 is 0 Å². The molecule has 7 heteroatoms. The molecule has 0 bridgehead atoms. The van der Waals surface area contributed by atoms with E-state index in [-0.39, 0.29) is 12.5 Å². The van der Waals surface area contributed by atoms with Gasteiger partial charge < -0.3 is 10.2 Å². The third-order valence-corrected chi connectivity index (χ3v) is 2.48. The van der Waals surface area contributed by atoms with Gasteiger partial charge in [0.25, 0.3) is 0 Å². The van der Waals surface area contributed by atoms with Crippen LogP contribution in [0.3, 0.4) is 0 Å². The van der Waals surface area contributed by atoms with Gasteiger partial charge in [-0.3, -0.25) is 0 Å². The van der Waals surface area contributed by atoms with Crippen LogP contribution in [0.25, 0.3) is 0 Å². The van der Waals surface area contributed by atoms with Gasteiger partial charge in [-0.1, -0.05) is 6.92 Å². The van der Waals surface area contributed by atoms with Crippen molar-refractivity contribution in [3.05, 3.63) is 18.0 Å². The van der Waals surface area contributed by atoms with E-state index in [9.17, 15) is 13.2 Å². The molecule has 1 heterocycles. The normalized spacial score (nSPS) is 11.6. The topological polar surface area (TPSA) is 41.1 Å². The van der Waals surface area contributed by atoms with Gasteiger partial charge in [0.1, 0.15) is 6.54 Å². The van der Waals surface area contributed by atoms with Crippen molar-refractivity contribution in [2.45, 2.75) is 33.0 Å². The molecule has 108 valence electrons. The number of halogens is 3. The number of rotatable bonds is 7. The molecule has 0 fully saturated rings. The number of aromatic nitrogens is 2. The highest BCUT2D eigenvalue weighted by Gasteiger charge is 2.31. The standard InChI is InChI=1S/C12H19F3N4/c1-3-5-16-6-10-7-17-11(18-8-10)19(4-2)9-12(13,14)15/h7-8,16H,3-6,9H2,1-2H3. The Hall–Kier alpha value is -1.37. The summed E-state index contributed by atoms with van der Waals surface area (Å²) in [6, 6.07) is 0. The molecule has 0 unspecified atom stereocenters. The minimum atomic E-state index is -4.25. The number of alkyl halides is 3. The van der Waals surface area contributed by atoms with Crippen LogP contribution in [-0.4, -0.2) is 35.8 Å². The SMILES string of the molecule is CCCNCc1cnc(N(CC)CC(F)(F)F)nc1. The average molecular weight is 276 g/mol. The molecule has 0 aliphatic heterocycles. The first kappa shape index (κ1) is 15.7. The predicted octanol–water partition coefficient (Wildman–Crippen LogP) is 2.36. The van der Waals surface area contributed by atoms with Crippen LogP contribution in [-0.2, 0) is 6.54 Å². The number of hydrogen-bond acceptors (Lipinski definition) is 4. The van der Waals surface area contributed by atoms with Crippen LogP contribution in [0.4, 0.5) is 19.1 Å². The van der Waals surface area contributed by atoms with Gasteiger partial charge in [-0.2, -0.15) is 13.2 Å². The summed E-state index contributed by atoms with van der Waals surface area (Å²) in [4.78, 5) is 9.08. The number of nitrogens with one attached hydrogen (secondary N) is 1. The average Bonchev–Trinajstić information content (AvgIpc) is 2.36. The molecule has 0 aliphatic rings. The molecule has 0 aromatic carbocycles. The summed E-state index contributed by atoms with van der Waals surface area (Å²) in [5.41, 5.74) is 0.861. The highest BCUT2D eigenvalue weighted by molar-refractivity contribution is 5.29. The van der Waals surface area contributed by atoms with Crippen molar-refractivity contribution in [1.29, 1.82) is 0 Å². The zero-order valence-corrected chi connectivity index (χ0v) is 11.2. The van der Waals surface area contributed by atoms with Gasteiger partial charge in [0.2, 0.25) is 5.95 Å². The van der Waals surface area contributed by atoms with Crippen LogP contribution < -0.4 is 10.2 Å². The first-order valence-corrected chi connectivity index (χ1v) is 6.29. The van der Waals surface area contributed by atoms with Gasteiger partial charge in [-0.05, 0) is 19.9 Å². The summed E-state index contributed by atoms with van der Waals surface area (Å²) in [7, 11) is 0. The predicted molar refractivity (Wildman–Crippen MR) is 68.0 cm³/mol. The monoisotopic (exact) mass is 276 g/mol. The van der Waals surface area contributed by atoms with Gasteiger partial charge in [0, 0.05) is 31.0 Å². The Balaban J connectivity index is 2.62. The van der Waals surface area contributed by atoms with E-state index in [2.05, 4.69) is 22.2 Å². The van der Waals surface area contributed by atoms with E-state index < -0.39 is 12.7 Å². The summed E-state index contributed by atoms with van der Waals surface area (Å²) in [6.07, 6.45) is -0.108. The zero-order chi connectivity index (χ0) is 14.3. The fourth-order valence-electron chi connectivity index (χ4n) is 1.55. The third-order valence-electron chi connectivity index (χ3n) is 2.48. The summed E-state index contributed by atoms with van der Waals surface area (Å²) >= 11 is 0. The second-order valence-corrected chi connectivity index (χ2v) is 4.20. The quantitative estimate of drug-likeness (QED) is 0.776. The highest BCUT2D eigenvalue weighted by atomic mass is 19.4. The lowest BCUT2D eigenvalue weighted by atomic mass is 10.3. The summed E-state index contributed by atoms with van der Waals surface area (Å²) in [5, 5.41) is 3.18. The fourth-order valence-corrected chi connectivity index (χ4v) is 1.55. The summed E-state index contributed by atoms with van der Waals surface area (Å²) in [6.45, 7) is 4.40. The summed E-state index contributed by atoms with van der Waals surface area (Å²) in [5.74, 6) is 0.110. The van der Waals surface area contributed by atoms with E-state index in [0.717, 1.165) is 23.4 Å². The third kappa shape index (κ3) is 5.87. The van der Waals surface area contributed by atoms with E-state index >= 15 is 0 Å². The maximum absolute atomic E-state index is 12.4. The maximum Gasteiger partial charge on any atom is 0.406 e. The Morgan fingerprint density at radius 3 is 2.32 bits per heavy atom. The van der Waals surface area contributed by atoms with E-state index in [1.165, 1.54) is 0 Å². The van der Waals surface area contributed by atoms with Crippen molar-refractivity contribution in [1.82, 2.24) is 15.3 Å². The minimum absolute atomic E-state index is 0.110. The largest absolute Gasteiger partial charge is 0.406 e. The molecule has 19 heavy (non-hydrogen) atoms. The van der Waals surface area contributed by atoms with Crippen molar-refractivity contribution in [3.63, 3.8) is 0 Å². The van der Waals surface area contributed by atoms with E-state index in [1.54, 1.807) is 19.3 Å². The second-order valence-electron chi connectivity index (χ2n) is 4.20. The van der Waals surface area contributed by atoms with Crippen molar-refractivity contribution >= 4 is 5.95 Å². The molecule has 0 saturated carbocycles. The molecular formula is C12H19F3N4. The van der Waals surface area contributed by atoms with Crippen molar-refractivity contribution < 1.29 is 13.2 Å². The van der Waals surface area contributed by atoms with Crippen LogP contribution in [0, 0.1) is 0 Å². The maximum atomic E-state index is 12.4.